The van der Waals surface area contributed by atoms with Crippen LogP contribution in [0.4, 0.5) is 4.39 Å². The Morgan fingerprint density at radius 3 is 2.76 bits per heavy atom. The monoisotopic (exact) mass is 241 g/mol. The second kappa shape index (κ2) is 7.37. The van der Waals surface area contributed by atoms with E-state index in [0.29, 0.717) is 19.8 Å². The van der Waals surface area contributed by atoms with Crippen molar-refractivity contribution in [3.05, 3.63) is 35.6 Å². The average Bonchev–Trinajstić information content (AvgIpc) is 2.33. The molecule has 0 aliphatic carbocycles. The van der Waals surface area contributed by atoms with Gasteiger partial charge in [0.25, 0.3) is 0 Å². The minimum atomic E-state index is -0.310. The Bertz CT molecular complexity index is 333. The minimum absolute atomic E-state index is 0.00504. The topological polar surface area (TPSA) is 44.5 Å². The van der Waals surface area contributed by atoms with Gasteiger partial charge in [-0.05, 0) is 31.5 Å². The van der Waals surface area contributed by atoms with Crippen LogP contribution in [0.15, 0.2) is 24.3 Å². The molecule has 2 atom stereocenters. The highest BCUT2D eigenvalue weighted by molar-refractivity contribution is 5.19. The molecule has 1 aromatic carbocycles. The highest BCUT2D eigenvalue weighted by Crippen LogP contribution is 2.12. The quantitative estimate of drug-likeness (QED) is 0.796. The van der Waals surface area contributed by atoms with Gasteiger partial charge in [-0.1, -0.05) is 12.1 Å². The predicted octanol–water partition coefficient (Wildman–Crippen LogP) is 2.27. The fourth-order valence-corrected chi connectivity index (χ4v) is 1.43. The van der Waals surface area contributed by atoms with Gasteiger partial charge in [-0.2, -0.15) is 0 Å². The van der Waals surface area contributed by atoms with Gasteiger partial charge < -0.3 is 15.2 Å². The van der Waals surface area contributed by atoms with Crippen LogP contribution in [0.1, 0.15) is 25.5 Å². The zero-order valence-corrected chi connectivity index (χ0v) is 10.4. The van der Waals surface area contributed by atoms with Gasteiger partial charge >= 0.3 is 0 Å². The SMILES string of the molecule is CCOCC(C)OCC(N)c1cccc(F)c1. The van der Waals surface area contributed by atoms with Crippen molar-refractivity contribution in [1.29, 1.82) is 0 Å². The van der Waals surface area contributed by atoms with Crippen LogP contribution < -0.4 is 5.73 Å². The van der Waals surface area contributed by atoms with E-state index in [1.807, 2.05) is 13.8 Å². The molecule has 0 saturated carbocycles. The van der Waals surface area contributed by atoms with Crippen molar-refractivity contribution < 1.29 is 13.9 Å². The molecule has 0 saturated heterocycles. The number of halogens is 1. The van der Waals surface area contributed by atoms with E-state index in [4.69, 9.17) is 15.2 Å². The molecule has 0 bridgehead atoms. The first-order valence-corrected chi connectivity index (χ1v) is 5.84. The van der Waals surface area contributed by atoms with E-state index in [9.17, 15) is 4.39 Å². The number of nitrogens with two attached hydrogens (primary N) is 1. The van der Waals surface area contributed by atoms with Crippen molar-refractivity contribution in [3.8, 4) is 0 Å². The second-order valence-electron chi connectivity index (χ2n) is 3.96. The summed E-state index contributed by atoms with van der Waals surface area (Å²) in [4.78, 5) is 0. The van der Waals surface area contributed by atoms with Gasteiger partial charge in [-0.15, -0.1) is 0 Å². The van der Waals surface area contributed by atoms with Crippen LogP contribution in [0, 0.1) is 5.82 Å². The summed E-state index contributed by atoms with van der Waals surface area (Å²) >= 11 is 0. The molecule has 4 heteroatoms. The fourth-order valence-electron chi connectivity index (χ4n) is 1.43. The average molecular weight is 241 g/mol. The van der Waals surface area contributed by atoms with E-state index in [1.165, 1.54) is 12.1 Å². The lowest BCUT2D eigenvalue weighted by molar-refractivity contribution is -0.00837. The summed E-state index contributed by atoms with van der Waals surface area (Å²) in [7, 11) is 0. The Morgan fingerprint density at radius 1 is 1.35 bits per heavy atom. The number of hydrogen-bond acceptors (Lipinski definition) is 3. The van der Waals surface area contributed by atoms with Gasteiger partial charge in [0, 0.05) is 6.61 Å². The van der Waals surface area contributed by atoms with E-state index in [1.54, 1.807) is 12.1 Å². The van der Waals surface area contributed by atoms with E-state index in [2.05, 4.69) is 0 Å². The molecule has 1 aromatic rings. The molecule has 0 aromatic heterocycles. The van der Waals surface area contributed by atoms with Crippen LogP contribution in [-0.4, -0.2) is 25.9 Å². The van der Waals surface area contributed by atoms with Crippen LogP contribution in [0.25, 0.3) is 0 Å². The summed E-state index contributed by atoms with van der Waals surface area (Å²) in [5.41, 5.74) is 6.65. The van der Waals surface area contributed by atoms with Gasteiger partial charge in [-0.25, -0.2) is 4.39 Å². The standard InChI is InChI=1S/C13H20FNO2/c1-3-16-8-10(2)17-9-13(15)11-5-4-6-12(14)7-11/h4-7,10,13H,3,8-9,15H2,1-2H3. The molecule has 17 heavy (non-hydrogen) atoms. The van der Waals surface area contributed by atoms with Gasteiger partial charge in [0.1, 0.15) is 5.82 Å². The Labute approximate surface area is 102 Å². The maximum Gasteiger partial charge on any atom is 0.123 e. The lowest BCUT2D eigenvalue weighted by Crippen LogP contribution is -2.23. The normalized spacial score (nSPS) is 14.6. The largest absolute Gasteiger partial charge is 0.379 e. The van der Waals surface area contributed by atoms with E-state index in [-0.39, 0.29) is 18.0 Å². The Morgan fingerprint density at radius 2 is 2.12 bits per heavy atom. The van der Waals surface area contributed by atoms with Crippen molar-refractivity contribution in [2.24, 2.45) is 5.73 Å². The third kappa shape index (κ3) is 5.26. The fraction of sp³-hybridized carbons (Fsp3) is 0.538. The molecule has 0 aliphatic rings. The van der Waals surface area contributed by atoms with Crippen molar-refractivity contribution in [2.75, 3.05) is 19.8 Å². The molecule has 96 valence electrons. The Hall–Kier alpha value is -0.970. The van der Waals surface area contributed by atoms with Crippen molar-refractivity contribution in [2.45, 2.75) is 26.0 Å². The molecule has 0 spiro atoms. The molecule has 0 fully saturated rings. The maximum atomic E-state index is 13.0. The zero-order valence-electron chi connectivity index (χ0n) is 10.4. The number of benzene rings is 1. The molecule has 0 heterocycles. The first-order chi connectivity index (χ1) is 8.13. The third-order valence-corrected chi connectivity index (χ3v) is 2.39. The molecule has 2 N–H and O–H groups in total. The first-order valence-electron chi connectivity index (χ1n) is 5.84. The van der Waals surface area contributed by atoms with Gasteiger partial charge in [0.2, 0.25) is 0 Å². The number of hydrogen-bond donors (Lipinski definition) is 1. The minimum Gasteiger partial charge on any atom is -0.379 e. The van der Waals surface area contributed by atoms with Crippen LogP contribution in [0.3, 0.4) is 0 Å². The highest BCUT2D eigenvalue weighted by Gasteiger charge is 2.09. The molecule has 2 unspecified atom stereocenters. The van der Waals surface area contributed by atoms with E-state index < -0.39 is 0 Å². The number of ether oxygens (including phenoxy) is 2. The van der Waals surface area contributed by atoms with Gasteiger partial charge in [0.05, 0.1) is 25.4 Å². The van der Waals surface area contributed by atoms with Crippen molar-refractivity contribution >= 4 is 0 Å². The molecular formula is C13H20FNO2. The maximum absolute atomic E-state index is 13.0. The van der Waals surface area contributed by atoms with Crippen LogP contribution in [-0.2, 0) is 9.47 Å². The summed E-state index contributed by atoms with van der Waals surface area (Å²) in [6, 6.07) is 5.96. The first kappa shape index (κ1) is 14.1. The second-order valence-corrected chi connectivity index (χ2v) is 3.96. The molecule has 0 aliphatic heterocycles. The van der Waals surface area contributed by atoms with Crippen molar-refractivity contribution in [3.63, 3.8) is 0 Å². The molecule has 3 nitrogen and oxygen atoms in total. The van der Waals surface area contributed by atoms with Crippen LogP contribution >= 0.6 is 0 Å². The van der Waals surface area contributed by atoms with Crippen molar-refractivity contribution in [1.82, 2.24) is 0 Å². The van der Waals surface area contributed by atoms with E-state index >= 15 is 0 Å². The lowest BCUT2D eigenvalue weighted by atomic mass is 10.1. The lowest BCUT2D eigenvalue weighted by Gasteiger charge is -2.17. The highest BCUT2D eigenvalue weighted by atomic mass is 19.1. The molecular weight excluding hydrogens is 221 g/mol. The van der Waals surface area contributed by atoms with Crippen LogP contribution in [0.2, 0.25) is 0 Å². The molecule has 1 rings (SSSR count). The zero-order chi connectivity index (χ0) is 12.7. The Kier molecular flexibility index (Phi) is 6.11. The summed E-state index contributed by atoms with van der Waals surface area (Å²) in [6.45, 7) is 5.44. The van der Waals surface area contributed by atoms with E-state index in [0.717, 1.165) is 5.56 Å². The molecule has 0 amide bonds. The third-order valence-electron chi connectivity index (χ3n) is 2.39. The molecule has 0 radical (unpaired) electrons. The van der Waals surface area contributed by atoms with Crippen LogP contribution in [0.5, 0.6) is 0 Å². The summed E-state index contributed by atoms with van der Waals surface area (Å²) in [5.74, 6) is -0.277. The number of rotatable bonds is 7. The van der Waals surface area contributed by atoms with Gasteiger partial charge in [-0.3, -0.25) is 0 Å². The predicted molar refractivity (Wildman–Crippen MR) is 65.2 cm³/mol. The summed E-state index contributed by atoms with van der Waals surface area (Å²) in [6.07, 6.45) is -0.00504. The summed E-state index contributed by atoms with van der Waals surface area (Å²) < 4.78 is 23.7. The van der Waals surface area contributed by atoms with Gasteiger partial charge in [0.15, 0.2) is 0 Å². The summed E-state index contributed by atoms with van der Waals surface area (Å²) in [5, 5.41) is 0. The smallest absolute Gasteiger partial charge is 0.123 e. The Balaban J connectivity index is 2.36.